The molecule has 0 unspecified atom stereocenters. The Labute approximate surface area is 120 Å². The van der Waals surface area contributed by atoms with Gasteiger partial charge in [-0.15, -0.1) is 6.42 Å². The normalized spacial score (nSPS) is 11.3. The van der Waals surface area contributed by atoms with Gasteiger partial charge in [0, 0.05) is 12.1 Å². The number of sulfonamides is 1. The van der Waals surface area contributed by atoms with Crippen molar-refractivity contribution >= 4 is 10.0 Å². The Hall–Kier alpha value is -1.55. The van der Waals surface area contributed by atoms with Crippen LogP contribution in [0, 0.1) is 12.3 Å². The van der Waals surface area contributed by atoms with Crippen LogP contribution in [0.3, 0.4) is 0 Å². The second-order valence-electron chi connectivity index (χ2n) is 4.00. The van der Waals surface area contributed by atoms with Gasteiger partial charge >= 0.3 is 0 Å². The third kappa shape index (κ3) is 3.51. The number of benzene rings is 1. The van der Waals surface area contributed by atoms with Crippen LogP contribution in [0.5, 0.6) is 5.75 Å². The van der Waals surface area contributed by atoms with Crippen LogP contribution in [0.1, 0.15) is 19.4 Å². The van der Waals surface area contributed by atoms with Crippen molar-refractivity contribution < 1.29 is 18.3 Å². The summed E-state index contributed by atoms with van der Waals surface area (Å²) in [5, 5.41) is 9.31. The van der Waals surface area contributed by atoms with Crippen LogP contribution in [0.2, 0.25) is 0 Å². The molecule has 0 aliphatic carbocycles. The third-order valence-corrected chi connectivity index (χ3v) is 4.68. The van der Waals surface area contributed by atoms with Gasteiger partial charge in [0.15, 0.2) is 0 Å². The third-order valence-electron chi connectivity index (χ3n) is 2.76. The van der Waals surface area contributed by atoms with Crippen LogP contribution in [0.25, 0.3) is 0 Å². The van der Waals surface area contributed by atoms with E-state index in [1.54, 1.807) is 13.0 Å². The van der Waals surface area contributed by atoms with Crippen LogP contribution in [-0.4, -0.2) is 37.5 Å². The maximum atomic E-state index is 12.4. The Morgan fingerprint density at radius 3 is 2.60 bits per heavy atom. The molecule has 1 N–H and O–H groups in total. The van der Waals surface area contributed by atoms with Gasteiger partial charge in [-0.1, -0.05) is 12.8 Å². The van der Waals surface area contributed by atoms with Gasteiger partial charge in [0.05, 0.1) is 24.7 Å². The van der Waals surface area contributed by atoms with Crippen LogP contribution in [-0.2, 0) is 16.6 Å². The summed E-state index contributed by atoms with van der Waals surface area (Å²) in [6, 6.07) is 4.42. The van der Waals surface area contributed by atoms with Gasteiger partial charge in [0.25, 0.3) is 0 Å². The van der Waals surface area contributed by atoms with Gasteiger partial charge in [-0.05, 0) is 25.1 Å². The molecule has 20 heavy (non-hydrogen) atoms. The molecule has 0 radical (unpaired) electrons. The van der Waals surface area contributed by atoms with Crippen molar-refractivity contribution in [3.8, 4) is 18.1 Å². The zero-order valence-corrected chi connectivity index (χ0v) is 12.5. The lowest BCUT2D eigenvalue weighted by Crippen LogP contribution is -2.31. The Bertz CT molecular complexity index is 590. The smallest absolute Gasteiger partial charge is 0.243 e. The topological polar surface area (TPSA) is 66.8 Å². The molecule has 1 aromatic carbocycles. The standard InChI is InChI=1S/C14H19NO4S/c1-4-9-15(5-2)20(17,18)13-7-8-14(19-6-3)12(10-13)11-16/h1,7-8,10,16H,5-6,9,11H2,2-3H3. The summed E-state index contributed by atoms with van der Waals surface area (Å²) in [5.41, 5.74) is 0.435. The summed E-state index contributed by atoms with van der Waals surface area (Å²) in [4.78, 5) is 0.0992. The Kier molecular flexibility index (Phi) is 6.02. The predicted molar refractivity (Wildman–Crippen MR) is 76.8 cm³/mol. The molecule has 1 aromatic rings. The molecule has 0 amide bonds. The first kappa shape index (κ1) is 16.5. The van der Waals surface area contributed by atoms with Gasteiger partial charge < -0.3 is 9.84 Å². The number of hydrogen-bond acceptors (Lipinski definition) is 4. The Morgan fingerprint density at radius 1 is 1.40 bits per heavy atom. The summed E-state index contributed by atoms with van der Waals surface area (Å²) in [7, 11) is -3.65. The summed E-state index contributed by atoms with van der Waals surface area (Å²) < 4.78 is 31.3. The quantitative estimate of drug-likeness (QED) is 0.769. The summed E-state index contributed by atoms with van der Waals surface area (Å²) in [5.74, 6) is 2.81. The molecule has 0 fully saturated rings. The van der Waals surface area contributed by atoms with Crippen molar-refractivity contribution in [1.29, 1.82) is 0 Å². The van der Waals surface area contributed by atoms with E-state index in [-0.39, 0.29) is 24.6 Å². The minimum absolute atomic E-state index is 0.0144. The van der Waals surface area contributed by atoms with Gasteiger partial charge in [0.1, 0.15) is 5.75 Å². The van der Waals surface area contributed by atoms with Crippen molar-refractivity contribution in [2.24, 2.45) is 0 Å². The van der Waals surface area contributed by atoms with Crippen molar-refractivity contribution in [2.75, 3.05) is 19.7 Å². The highest BCUT2D eigenvalue weighted by Gasteiger charge is 2.23. The molecule has 1 rings (SSSR count). The highest BCUT2D eigenvalue weighted by molar-refractivity contribution is 7.89. The summed E-state index contributed by atoms with van der Waals surface area (Å²) in [6.45, 7) is 3.99. The van der Waals surface area contributed by atoms with Crippen molar-refractivity contribution in [2.45, 2.75) is 25.3 Å². The molecule has 0 heterocycles. The zero-order chi connectivity index (χ0) is 15.2. The fourth-order valence-electron chi connectivity index (χ4n) is 1.75. The van der Waals surface area contributed by atoms with E-state index in [1.165, 1.54) is 16.4 Å². The number of hydrogen-bond donors (Lipinski definition) is 1. The van der Waals surface area contributed by atoms with E-state index in [2.05, 4.69) is 5.92 Å². The van der Waals surface area contributed by atoms with Crippen molar-refractivity contribution in [1.82, 2.24) is 4.31 Å². The average Bonchev–Trinajstić information content (AvgIpc) is 2.45. The minimum atomic E-state index is -3.65. The van der Waals surface area contributed by atoms with Crippen molar-refractivity contribution in [3.05, 3.63) is 23.8 Å². The first-order valence-electron chi connectivity index (χ1n) is 6.31. The predicted octanol–water partition coefficient (Wildman–Crippen LogP) is 1.22. The summed E-state index contributed by atoms with van der Waals surface area (Å²) >= 11 is 0. The highest BCUT2D eigenvalue weighted by Crippen LogP contribution is 2.24. The average molecular weight is 297 g/mol. The fraction of sp³-hybridized carbons (Fsp3) is 0.429. The van der Waals surface area contributed by atoms with E-state index in [4.69, 9.17) is 11.2 Å². The summed E-state index contributed by atoms with van der Waals surface area (Å²) in [6.07, 6.45) is 5.18. The maximum Gasteiger partial charge on any atom is 0.243 e. The highest BCUT2D eigenvalue weighted by atomic mass is 32.2. The van der Waals surface area contributed by atoms with Crippen LogP contribution < -0.4 is 4.74 Å². The molecule has 5 nitrogen and oxygen atoms in total. The van der Waals surface area contributed by atoms with E-state index in [1.807, 2.05) is 6.92 Å². The van der Waals surface area contributed by atoms with Gasteiger partial charge in [-0.25, -0.2) is 8.42 Å². The second-order valence-corrected chi connectivity index (χ2v) is 5.93. The molecule has 0 aliphatic heterocycles. The van der Waals surface area contributed by atoms with Crippen LogP contribution in [0.4, 0.5) is 0 Å². The van der Waals surface area contributed by atoms with Gasteiger partial charge in [-0.2, -0.15) is 4.31 Å². The molecule has 110 valence electrons. The van der Waals surface area contributed by atoms with Crippen molar-refractivity contribution in [3.63, 3.8) is 0 Å². The lowest BCUT2D eigenvalue weighted by Gasteiger charge is -2.19. The number of terminal acetylenes is 1. The molecule has 0 saturated carbocycles. The first-order chi connectivity index (χ1) is 9.51. The fourth-order valence-corrected chi connectivity index (χ4v) is 3.17. The van der Waals surface area contributed by atoms with E-state index in [0.29, 0.717) is 17.9 Å². The van der Waals surface area contributed by atoms with Gasteiger partial charge in [-0.3, -0.25) is 0 Å². The number of aliphatic hydroxyl groups is 1. The van der Waals surface area contributed by atoms with E-state index < -0.39 is 10.0 Å². The number of aliphatic hydroxyl groups excluding tert-OH is 1. The molecule has 0 spiro atoms. The molecule has 0 saturated heterocycles. The lowest BCUT2D eigenvalue weighted by atomic mass is 10.2. The molecular weight excluding hydrogens is 278 g/mol. The Balaban J connectivity index is 3.22. The molecule has 0 atom stereocenters. The minimum Gasteiger partial charge on any atom is -0.494 e. The van der Waals surface area contributed by atoms with E-state index in [0.717, 1.165) is 0 Å². The largest absolute Gasteiger partial charge is 0.494 e. The molecular formula is C14H19NO4S. The lowest BCUT2D eigenvalue weighted by molar-refractivity contribution is 0.266. The Morgan fingerprint density at radius 2 is 2.10 bits per heavy atom. The molecule has 0 aromatic heterocycles. The maximum absolute atomic E-state index is 12.4. The first-order valence-corrected chi connectivity index (χ1v) is 7.75. The molecule has 0 aliphatic rings. The second kappa shape index (κ2) is 7.29. The van der Waals surface area contributed by atoms with E-state index >= 15 is 0 Å². The zero-order valence-electron chi connectivity index (χ0n) is 11.7. The monoisotopic (exact) mass is 297 g/mol. The number of rotatable bonds is 7. The van der Waals surface area contributed by atoms with Gasteiger partial charge in [0.2, 0.25) is 10.0 Å². The number of nitrogens with zero attached hydrogens (tertiary/aromatic N) is 1. The van der Waals surface area contributed by atoms with Crippen LogP contribution >= 0.6 is 0 Å². The van der Waals surface area contributed by atoms with Crippen LogP contribution in [0.15, 0.2) is 23.1 Å². The molecule has 0 bridgehead atoms. The SMILES string of the molecule is C#CCN(CC)S(=O)(=O)c1ccc(OCC)c(CO)c1. The number of ether oxygens (including phenoxy) is 1. The van der Waals surface area contributed by atoms with E-state index in [9.17, 15) is 13.5 Å². The molecule has 6 heteroatoms.